The average molecular weight is 325 g/mol. The van der Waals surface area contributed by atoms with Crippen LogP contribution in [0.5, 0.6) is 0 Å². The number of methoxy groups -OCH3 is 1. The van der Waals surface area contributed by atoms with Gasteiger partial charge in [-0.2, -0.15) is 0 Å². The largest absolute Gasteiger partial charge is 0.394 e. The van der Waals surface area contributed by atoms with Crippen LogP contribution in [0.4, 0.5) is 5.82 Å². The molecule has 0 bridgehead atoms. The molecule has 4 atom stereocenters. The predicted molar refractivity (Wildman–Crippen MR) is 78.4 cm³/mol. The molecule has 1 saturated heterocycles. The highest BCUT2D eigenvalue weighted by Crippen LogP contribution is 2.33. The van der Waals surface area contributed by atoms with Crippen molar-refractivity contribution in [3.05, 3.63) is 12.7 Å². The first-order valence-electron chi connectivity index (χ1n) is 7.15. The second kappa shape index (κ2) is 6.72. The van der Waals surface area contributed by atoms with Gasteiger partial charge in [-0.05, 0) is 0 Å². The van der Waals surface area contributed by atoms with Crippen LogP contribution in [0.2, 0.25) is 0 Å². The third-order valence-corrected chi connectivity index (χ3v) is 3.75. The van der Waals surface area contributed by atoms with Crippen molar-refractivity contribution in [3.63, 3.8) is 0 Å². The molecule has 0 aliphatic carbocycles. The summed E-state index contributed by atoms with van der Waals surface area (Å²) in [4.78, 5) is 12.2. The van der Waals surface area contributed by atoms with Crippen LogP contribution in [0.1, 0.15) is 6.23 Å². The third-order valence-electron chi connectivity index (χ3n) is 3.75. The lowest BCUT2D eigenvalue weighted by atomic mass is 10.1. The standard InChI is InChI=1S/C13H19N5O5/c1-21-2-3-22-10-9(20)7(4-19)23-13(10)18-6-17-8-11(14)15-5-16-12(8)18/h5-7,9-10,13,19-20H,2-4H2,1H3,(H2,14,15,16)/t7-,9+,10+,13-/m0/s1. The number of aliphatic hydroxyl groups excluding tert-OH is 2. The van der Waals surface area contributed by atoms with Crippen LogP contribution < -0.4 is 5.73 Å². The molecule has 3 rings (SSSR count). The zero-order chi connectivity index (χ0) is 16.4. The second-order valence-corrected chi connectivity index (χ2v) is 5.15. The molecule has 1 aliphatic rings. The molecule has 0 saturated carbocycles. The molecule has 10 nitrogen and oxygen atoms in total. The number of nitrogen functional groups attached to an aromatic ring is 1. The van der Waals surface area contributed by atoms with Gasteiger partial charge in [-0.15, -0.1) is 0 Å². The maximum absolute atomic E-state index is 10.3. The minimum absolute atomic E-state index is 0.253. The first-order valence-corrected chi connectivity index (χ1v) is 7.15. The Morgan fingerprint density at radius 3 is 2.91 bits per heavy atom. The maximum atomic E-state index is 10.3. The number of fused-ring (bicyclic) bond motifs is 1. The van der Waals surface area contributed by atoms with Gasteiger partial charge >= 0.3 is 0 Å². The van der Waals surface area contributed by atoms with Crippen molar-refractivity contribution in [1.82, 2.24) is 19.5 Å². The van der Waals surface area contributed by atoms with Crippen LogP contribution in [0, 0.1) is 0 Å². The average Bonchev–Trinajstić information content (AvgIpc) is 3.10. The number of rotatable bonds is 6. The van der Waals surface area contributed by atoms with Crippen molar-refractivity contribution in [3.8, 4) is 0 Å². The fourth-order valence-electron chi connectivity index (χ4n) is 2.60. The predicted octanol–water partition coefficient (Wildman–Crippen LogP) is -1.31. The lowest BCUT2D eigenvalue weighted by molar-refractivity contribution is -0.0785. The summed E-state index contributed by atoms with van der Waals surface area (Å²) >= 11 is 0. The van der Waals surface area contributed by atoms with Crippen LogP contribution in [0.25, 0.3) is 11.2 Å². The molecule has 10 heteroatoms. The highest BCUT2D eigenvalue weighted by molar-refractivity contribution is 5.81. The van der Waals surface area contributed by atoms with Gasteiger partial charge in [0.15, 0.2) is 17.7 Å². The Kier molecular flexibility index (Phi) is 4.68. The Morgan fingerprint density at radius 1 is 1.35 bits per heavy atom. The van der Waals surface area contributed by atoms with Crippen molar-refractivity contribution < 1.29 is 24.4 Å². The number of hydrogen-bond acceptors (Lipinski definition) is 9. The molecule has 0 radical (unpaired) electrons. The van der Waals surface area contributed by atoms with Gasteiger partial charge in [0, 0.05) is 7.11 Å². The molecular formula is C13H19N5O5. The summed E-state index contributed by atoms with van der Waals surface area (Å²) in [5.41, 5.74) is 6.68. The number of imidazole rings is 1. The van der Waals surface area contributed by atoms with E-state index < -0.39 is 24.5 Å². The van der Waals surface area contributed by atoms with E-state index in [0.717, 1.165) is 0 Å². The highest BCUT2D eigenvalue weighted by Gasteiger charge is 2.45. The summed E-state index contributed by atoms with van der Waals surface area (Å²) in [6.07, 6.45) is -0.317. The molecule has 0 unspecified atom stereocenters. The van der Waals surface area contributed by atoms with Gasteiger partial charge in [-0.3, -0.25) is 4.57 Å². The fraction of sp³-hybridized carbons (Fsp3) is 0.615. The Morgan fingerprint density at radius 2 is 2.17 bits per heavy atom. The molecule has 1 aliphatic heterocycles. The molecule has 0 spiro atoms. The van der Waals surface area contributed by atoms with Crippen LogP contribution in [-0.2, 0) is 14.2 Å². The van der Waals surface area contributed by atoms with Crippen molar-refractivity contribution in [1.29, 1.82) is 0 Å². The molecule has 2 aromatic heterocycles. The number of ether oxygens (including phenoxy) is 3. The fourth-order valence-corrected chi connectivity index (χ4v) is 2.60. The molecule has 126 valence electrons. The van der Waals surface area contributed by atoms with Gasteiger partial charge in [0.2, 0.25) is 0 Å². The Bertz CT molecular complexity index is 665. The van der Waals surface area contributed by atoms with E-state index in [0.29, 0.717) is 17.8 Å². The molecule has 2 aromatic rings. The Labute approximate surface area is 131 Å². The van der Waals surface area contributed by atoms with E-state index in [1.54, 1.807) is 11.7 Å². The van der Waals surface area contributed by atoms with E-state index in [2.05, 4.69) is 15.0 Å². The molecule has 3 heterocycles. The zero-order valence-corrected chi connectivity index (χ0v) is 12.6. The summed E-state index contributed by atoms with van der Waals surface area (Å²) in [5, 5.41) is 19.7. The van der Waals surface area contributed by atoms with Crippen molar-refractivity contribution in [2.45, 2.75) is 24.5 Å². The van der Waals surface area contributed by atoms with Crippen LogP contribution >= 0.6 is 0 Å². The number of aromatic nitrogens is 4. The highest BCUT2D eigenvalue weighted by atomic mass is 16.6. The van der Waals surface area contributed by atoms with Crippen molar-refractivity contribution >= 4 is 17.0 Å². The van der Waals surface area contributed by atoms with Crippen LogP contribution in [0.3, 0.4) is 0 Å². The van der Waals surface area contributed by atoms with Crippen LogP contribution in [0.15, 0.2) is 12.7 Å². The molecule has 0 amide bonds. The second-order valence-electron chi connectivity index (χ2n) is 5.15. The minimum Gasteiger partial charge on any atom is -0.394 e. The minimum atomic E-state index is -0.988. The summed E-state index contributed by atoms with van der Waals surface area (Å²) in [7, 11) is 1.56. The van der Waals surface area contributed by atoms with Crippen molar-refractivity contribution in [2.75, 3.05) is 32.7 Å². The molecular weight excluding hydrogens is 306 g/mol. The van der Waals surface area contributed by atoms with Crippen LogP contribution in [-0.4, -0.2) is 75.0 Å². The lowest BCUT2D eigenvalue weighted by Crippen LogP contribution is -2.36. The normalized spacial score (nSPS) is 27.8. The summed E-state index contributed by atoms with van der Waals surface area (Å²) in [5.74, 6) is 0.253. The van der Waals surface area contributed by atoms with Gasteiger partial charge in [0.25, 0.3) is 0 Å². The van der Waals surface area contributed by atoms with Gasteiger partial charge in [0.05, 0.1) is 26.1 Å². The summed E-state index contributed by atoms with van der Waals surface area (Å²) in [6, 6.07) is 0. The van der Waals surface area contributed by atoms with E-state index in [-0.39, 0.29) is 19.0 Å². The topological polar surface area (TPSA) is 138 Å². The third kappa shape index (κ3) is 2.86. The number of hydrogen-bond donors (Lipinski definition) is 3. The number of aliphatic hydroxyl groups is 2. The number of nitrogens with two attached hydrogens (primary N) is 1. The molecule has 1 fully saturated rings. The Balaban J connectivity index is 1.92. The number of anilines is 1. The smallest absolute Gasteiger partial charge is 0.167 e. The molecule has 23 heavy (non-hydrogen) atoms. The van der Waals surface area contributed by atoms with E-state index >= 15 is 0 Å². The quantitative estimate of drug-likeness (QED) is 0.553. The SMILES string of the molecule is COCCO[C@@H]1[C@H](O)[C@H](CO)O[C@@H]1n1cnc2c(N)ncnc21. The number of nitrogens with zero attached hydrogens (tertiary/aromatic N) is 4. The lowest BCUT2D eigenvalue weighted by Gasteiger charge is -2.21. The summed E-state index contributed by atoms with van der Waals surface area (Å²) < 4.78 is 17.9. The van der Waals surface area contributed by atoms with E-state index in [9.17, 15) is 10.2 Å². The molecule has 0 aromatic carbocycles. The maximum Gasteiger partial charge on any atom is 0.167 e. The molecule has 4 N–H and O–H groups in total. The summed E-state index contributed by atoms with van der Waals surface area (Å²) in [6.45, 7) is 0.324. The first kappa shape index (κ1) is 16.0. The van der Waals surface area contributed by atoms with E-state index in [4.69, 9.17) is 19.9 Å². The van der Waals surface area contributed by atoms with Gasteiger partial charge in [-0.1, -0.05) is 0 Å². The zero-order valence-electron chi connectivity index (χ0n) is 12.6. The Hall–Kier alpha value is -1.85. The van der Waals surface area contributed by atoms with Gasteiger partial charge in [-0.25, -0.2) is 15.0 Å². The van der Waals surface area contributed by atoms with E-state index in [1.807, 2.05) is 0 Å². The first-order chi connectivity index (χ1) is 11.2. The monoisotopic (exact) mass is 325 g/mol. The van der Waals surface area contributed by atoms with Gasteiger partial charge in [0.1, 0.15) is 30.2 Å². The van der Waals surface area contributed by atoms with Gasteiger partial charge < -0.3 is 30.2 Å². The van der Waals surface area contributed by atoms with Crippen molar-refractivity contribution in [2.24, 2.45) is 0 Å². The van der Waals surface area contributed by atoms with E-state index in [1.165, 1.54) is 12.7 Å².